The van der Waals surface area contributed by atoms with Crippen LogP contribution in [-0.4, -0.2) is 9.13 Å². The summed E-state index contributed by atoms with van der Waals surface area (Å²) in [5.74, 6) is 0. The van der Waals surface area contributed by atoms with E-state index in [0.717, 1.165) is 9.13 Å². The second-order valence-corrected chi connectivity index (χ2v) is 10.8. The number of benzene rings is 3. The van der Waals surface area contributed by atoms with E-state index in [0.29, 0.717) is 29.3 Å². The third-order valence-corrected chi connectivity index (χ3v) is 6.93. The Morgan fingerprint density at radius 3 is 0.906 bits per heavy atom. The second kappa shape index (κ2) is 7.72. The predicted octanol–water partition coefficient (Wildman–Crippen LogP) is 4.94. The molecule has 0 aliphatic heterocycles. The average Bonchev–Trinajstić information content (AvgIpc) is 3.09. The third-order valence-electron chi connectivity index (χ3n) is 5.10. The molecule has 2 aromatic heterocycles. The molecule has 0 spiro atoms. The number of hydrogen-bond donors (Lipinski definition) is 0. The zero-order chi connectivity index (χ0) is 22.9. The SMILES string of the molecule is O=c1c2cc3c(=O)n(-c4cc(Br)cc(Br)c4)c(=O)c3cc2c(=O)n1-c1cc(Br)cc(Br)c1. The second-order valence-electron chi connectivity index (χ2n) is 7.09. The van der Waals surface area contributed by atoms with Gasteiger partial charge in [0.1, 0.15) is 0 Å². The minimum atomic E-state index is -0.554. The first-order chi connectivity index (χ1) is 15.2. The summed E-state index contributed by atoms with van der Waals surface area (Å²) in [6.45, 7) is 0. The Morgan fingerprint density at radius 1 is 0.406 bits per heavy atom. The number of nitrogens with zero attached hydrogens (tertiary/aromatic N) is 2. The maximum Gasteiger partial charge on any atom is 0.266 e. The zero-order valence-corrected chi connectivity index (χ0v) is 22.0. The van der Waals surface area contributed by atoms with Crippen molar-refractivity contribution in [2.24, 2.45) is 0 Å². The Kier molecular flexibility index (Phi) is 5.23. The first kappa shape index (κ1) is 21.7. The molecule has 0 saturated heterocycles. The molecular weight excluding hydrogens is 676 g/mol. The van der Waals surface area contributed by atoms with E-state index in [4.69, 9.17) is 0 Å². The third kappa shape index (κ3) is 3.32. The summed E-state index contributed by atoms with van der Waals surface area (Å²) in [4.78, 5) is 52.4. The van der Waals surface area contributed by atoms with Gasteiger partial charge in [0, 0.05) is 17.9 Å². The summed E-state index contributed by atoms with van der Waals surface area (Å²) < 4.78 is 4.80. The summed E-state index contributed by atoms with van der Waals surface area (Å²) >= 11 is 13.4. The fourth-order valence-electron chi connectivity index (χ4n) is 3.78. The van der Waals surface area contributed by atoms with E-state index >= 15 is 0 Å². The van der Waals surface area contributed by atoms with Gasteiger partial charge in [-0.1, -0.05) is 63.7 Å². The molecular formula is C22H8Br4N2O4. The summed E-state index contributed by atoms with van der Waals surface area (Å²) in [6, 6.07) is 12.8. The monoisotopic (exact) mass is 680 g/mol. The number of rotatable bonds is 2. The lowest BCUT2D eigenvalue weighted by molar-refractivity contribution is 0.985. The minimum absolute atomic E-state index is 0.0864. The van der Waals surface area contributed by atoms with Gasteiger partial charge in [-0.05, 0) is 48.5 Å². The van der Waals surface area contributed by atoms with E-state index < -0.39 is 22.2 Å². The Labute approximate surface area is 212 Å². The van der Waals surface area contributed by atoms with Gasteiger partial charge in [0.15, 0.2) is 0 Å². The molecule has 0 aliphatic rings. The normalized spacial score (nSPS) is 11.6. The standard InChI is InChI=1S/C22H8Br4N2O4/c23-9-1-10(24)4-13(3-9)27-19(29)15-7-17-18(8-16(15)20(27)30)22(32)28(21(17)31)14-5-11(25)2-12(26)6-14/h1-8H. The van der Waals surface area contributed by atoms with Crippen molar-refractivity contribution in [3.63, 3.8) is 0 Å². The number of halogens is 4. The molecule has 158 valence electrons. The molecule has 3 aromatic carbocycles. The molecule has 5 rings (SSSR count). The van der Waals surface area contributed by atoms with Crippen LogP contribution in [0.5, 0.6) is 0 Å². The van der Waals surface area contributed by atoms with Crippen molar-refractivity contribution in [1.82, 2.24) is 9.13 Å². The van der Waals surface area contributed by atoms with Crippen LogP contribution >= 0.6 is 63.7 Å². The van der Waals surface area contributed by atoms with Crippen LogP contribution in [-0.2, 0) is 0 Å². The van der Waals surface area contributed by atoms with Gasteiger partial charge in [0.2, 0.25) is 0 Å². The van der Waals surface area contributed by atoms with Crippen molar-refractivity contribution >= 4 is 85.3 Å². The van der Waals surface area contributed by atoms with Gasteiger partial charge in [0.05, 0.1) is 32.9 Å². The first-order valence-corrected chi connectivity index (χ1v) is 12.2. The number of hydrogen-bond acceptors (Lipinski definition) is 4. The van der Waals surface area contributed by atoms with Crippen LogP contribution in [0.3, 0.4) is 0 Å². The van der Waals surface area contributed by atoms with E-state index in [1.165, 1.54) is 12.1 Å². The summed E-state index contributed by atoms with van der Waals surface area (Å²) in [7, 11) is 0. The first-order valence-electron chi connectivity index (χ1n) is 9.03. The molecule has 0 radical (unpaired) electrons. The molecule has 0 aliphatic carbocycles. The van der Waals surface area contributed by atoms with Crippen molar-refractivity contribution in [3.05, 3.63) is 108 Å². The maximum atomic E-state index is 13.1. The zero-order valence-electron chi connectivity index (χ0n) is 15.7. The molecule has 0 amide bonds. The summed E-state index contributed by atoms with van der Waals surface area (Å²) in [5, 5.41) is 0.345. The van der Waals surface area contributed by atoms with Gasteiger partial charge in [-0.15, -0.1) is 0 Å². The predicted molar refractivity (Wildman–Crippen MR) is 138 cm³/mol. The van der Waals surface area contributed by atoms with Crippen LogP contribution in [0.4, 0.5) is 0 Å². The summed E-state index contributed by atoms with van der Waals surface area (Å²) in [6.07, 6.45) is 0. The molecule has 10 heteroatoms. The van der Waals surface area contributed by atoms with E-state index in [1.54, 1.807) is 36.4 Å². The highest BCUT2D eigenvalue weighted by molar-refractivity contribution is 9.11. The van der Waals surface area contributed by atoms with E-state index in [2.05, 4.69) is 63.7 Å². The fourth-order valence-corrected chi connectivity index (χ4v) is 6.32. The highest BCUT2D eigenvalue weighted by Crippen LogP contribution is 2.24. The topological polar surface area (TPSA) is 78.1 Å². The number of aromatic nitrogens is 2. The molecule has 2 heterocycles. The van der Waals surface area contributed by atoms with Gasteiger partial charge in [-0.2, -0.15) is 0 Å². The van der Waals surface area contributed by atoms with Gasteiger partial charge in [-0.3, -0.25) is 19.2 Å². The van der Waals surface area contributed by atoms with Crippen molar-refractivity contribution in [1.29, 1.82) is 0 Å². The summed E-state index contributed by atoms with van der Waals surface area (Å²) in [5.41, 5.74) is -1.47. The van der Waals surface area contributed by atoms with Gasteiger partial charge >= 0.3 is 0 Å². The van der Waals surface area contributed by atoms with E-state index in [-0.39, 0.29) is 21.5 Å². The Morgan fingerprint density at radius 2 is 0.656 bits per heavy atom. The molecule has 5 aromatic rings. The van der Waals surface area contributed by atoms with Crippen molar-refractivity contribution in [3.8, 4) is 11.4 Å². The lowest BCUT2D eigenvalue weighted by atomic mass is 10.1. The van der Waals surface area contributed by atoms with E-state index in [9.17, 15) is 19.2 Å². The lowest BCUT2D eigenvalue weighted by Gasteiger charge is -2.02. The van der Waals surface area contributed by atoms with Crippen LogP contribution in [0, 0.1) is 0 Å². The van der Waals surface area contributed by atoms with Gasteiger partial charge in [-0.25, -0.2) is 9.13 Å². The molecule has 0 saturated carbocycles. The van der Waals surface area contributed by atoms with Crippen molar-refractivity contribution < 1.29 is 0 Å². The molecule has 6 nitrogen and oxygen atoms in total. The van der Waals surface area contributed by atoms with Gasteiger partial charge < -0.3 is 0 Å². The smallest absolute Gasteiger partial charge is 0.266 e. The van der Waals surface area contributed by atoms with Gasteiger partial charge in [0.25, 0.3) is 22.2 Å². The Hall–Kier alpha value is -2.14. The van der Waals surface area contributed by atoms with Crippen LogP contribution < -0.4 is 22.2 Å². The van der Waals surface area contributed by atoms with Crippen molar-refractivity contribution in [2.45, 2.75) is 0 Å². The molecule has 0 atom stereocenters. The molecule has 0 N–H and O–H groups in total. The fraction of sp³-hybridized carbons (Fsp3) is 0. The number of fused-ring (bicyclic) bond motifs is 2. The maximum absolute atomic E-state index is 13.1. The molecule has 0 fully saturated rings. The van der Waals surface area contributed by atoms with E-state index in [1.807, 2.05) is 0 Å². The Bertz CT molecular complexity index is 1560. The molecule has 32 heavy (non-hydrogen) atoms. The largest absolute Gasteiger partial charge is 0.268 e. The van der Waals surface area contributed by atoms with Crippen LogP contribution in [0.15, 0.2) is 85.6 Å². The Balaban J connectivity index is 1.85. The molecule has 0 unspecified atom stereocenters. The highest BCUT2D eigenvalue weighted by Gasteiger charge is 2.21. The quantitative estimate of drug-likeness (QED) is 0.264. The lowest BCUT2D eigenvalue weighted by Crippen LogP contribution is -2.24. The average molecular weight is 684 g/mol. The van der Waals surface area contributed by atoms with Crippen LogP contribution in [0.25, 0.3) is 32.9 Å². The van der Waals surface area contributed by atoms with Crippen LogP contribution in [0.1, 0.15) is 0 Å². The highest BCUT2D eigenvalue weighted by atomic mass is 79.9. The van der Waals surface area contributed by atoms with Crippen LogP contribution in [0.2, 0.25) is 0 Å². The van der Waals surface area contributed by atoms with Crippen molar-refractivity contribution in [2.75, 3.05) is 0 Å². The molecule has 0 bridgehead atoms. The minimum Gasteiger partial charge on any atom is -0.268 e.